The first-order chi connectivity index (χ1) is 13.0. The summed E-state index contributed by atoms with van der Waals surface area (Å²) >= 11 is 0. The molecule has 4 N–H and O–H groups in total. The normalized spacial score (nSPS) is 27.9. The van der Waals surface area contributed by atoms with Crippen LogP contribution in [0.5, 0.6) is 0 Å². The fraction of sp³-hybridized carbons (Fsp3) is 0.824. The minimum Gasteiger partial charge on any atom is -0.394 e. The number of carbonyl (C=O) groups is 1. The van der Waals surface area contributed by atoms with E-state index in [0.717, 1.165) is 0 Å². The zero-order chi connectivity index (χ0) is 20.1. The second kappa shape index (κ2) is 13.8. The molecule has 156 valence electrons. The van der Waals surface area contributed by atoms with Gasteiger partial charge in [0.2, 0.25) is 5.91 Å². The van der Waals surface area contributed by atoms with E-state index in [1.54, 1.807) is 0 Å². The van der Waals surface area contributed by atoms with Gasteiger partial charge >= 0.3 is 0 Å². The van der Waals surface area contributed by atoms with Gasteiger partial charge < -0.3 is 44.3 Å². The fourth-order valence-electron chi connectivity index (χ4n) is 2.41. The van der Waals surface area contributed by atoms with Crippen LogP contribution in [0.15, 0.2) is 0 Å². The standard InChI is InChI=1S/C17H29NO9/c1-3-4-23-5-6-24-7-8-25-9-10-26-17-14(18-12(2)20)16(22)15(21)13(11-19)27-17/h1,13-17,19,21-22H,4-11H2,2H3,(H,18,20)/t13-,14+,15-,16-,17-/m1/s1. The number of nitrogens with one attached hydrogen (secondary N) is 1. The van der Waals surface area contributed by atoms with Crippen LogP contribution < -0.4 is 5.32 Å². The van der Waals surface area contributed by atoms with Gasteiger partial charge in [-0.15, -0.1) is 6.42 Å². The number of aliphatic hydroxyl groups is 3. The molecule has 0 radical (unpaired) electrons. The van der Waals surface area contributed by atoms with Crippen LogP contribution in [0.2, 0.25) is 0 Å². The van der Waals surface area contributed by atoms with Gasteiger partial charge in [0.05, 0.1) is 46.2 Å². The Labute approximate surface area is 158 Å². The minimum atomic E-state index is -1.34. The molecule has 0 aromatic heterocycles. The molecule has 0 unspecified atom stereocenters. The summed E-state index contributed by atoms with van der Waals surface area (Å²) in [5.41, 5.74) is 0. The van der Waals surface area contributed by atoms with E-state index in [-0.39, 0.29) is 19.8 Å². The molecule has 0 aliphatic carbocycles. The number of terminal acetylenes is 1. The first kappa shape index (κ1) is 23.7. The highest BCUT2D eigenvalue weighted by molar-refractivity contribution is 5.73. The molecular weight excluding hydrogens is 362 g/mol. The van der Waals surface area contributed by atoms with Gasteiger partial charge in [0.1, 0.15) is 31.0 Å². The number of aliphatic hydroxyl groups excluding tert-OH is 3. The molecule has 1 amide bonds. The first-order valence-electron chi connectivity index (χ1n) is 8.69. The highest BCUT2D eigenvalue weighted by Crippen LogP contribution is 2.22. The number of hydrogen-bond donors (Lipinski definition) is 4. The fourth-order valence-corrected chi connectivity index (χ4v) is 2.41. The zero-order valence-electron chi connectivity index (χ0n) is 15.4. The molecule has 10 nitrogen and oxygen atoms in total. The molecule has 10 heteroatoms. The van der Waals surface area contributed by atoms with E-state index in [2.05, 4.69) is 11.2 Å². The molecule has 27 heavy (non-hydrogen) atoms. The molecular formula is C17H29NO9. The maximum Gasteiger partial charge on any atom is 0.217 e. The molecule has 0 aromatic rings. The SMILES string of the molecule is C#CCOCCOCCOCCO[C@@H]1O[C@H](CO)[C@@H](O)[C@H](O)[C@@H]1NC(C)=O. The van der Waals surface area contributed by atoms with Crippen LogP contribution in [0, 0.1) is 12.3 Å². The molecule has 0 spiro atoms. The lowest BCUT2D eigenvalue weighted by molar-refractivity contribution is -0.272. The Hall–Kier alpha value is -1.29. The van der Waals surface area contributed by atoms with Gasteiger partial charge in [0.15, 0.2) is 6.29 Å². The van der Waals surface area contributed by atoms with E-state index in [0.29, 0.717) is 26.4 Å². The molecule has 0 saturated carbocycles. The van der Waals surface area contributed by atoms with Gasteiger partial charge in [-0.3, -0.25) is 4.79 Å². The smallest absolute Gasteiger partial charge is 0.217 e. The summed E-state index contributed by atoms with van der Waals surface area (Å²) in [5, 5.41) is 31.7. The van der Waals surface area contributed by atoms with E-state index in [1.807, 2.05) is 0 Å². The average Bonchev–Trinajstić information content (AvgIpc) is 2.64. The number of amides is 1. The molecule has 0 aromatic carbocycles. The molecule has 5 atom stereocenters. The van der Waals surface area contributed by atoms with Gasteiger partial charge in [-0.1, -0.05) is 5.92 Å². The van der Waals surface area contributed by atoms with Crippen LogP contribution in [-0.4, -0.2) is 105 Å². The summed E-state index contributed by atoms with van der Waals surface area (Å²) in [4.78, 5) is 11.3. The predicted molar refractivity (Wildman–Crippen MR) is 92.6 cm³/mol. The topological polar surface area (TPSA) is 136 Å². The highest BCUT2D eigenvalue weighted by atomic mass is 16.7. The third-order valence-electron chi connectivity index (χ3n) is 3.69. The quantitative estimate of drug-likeness (QED) is 0.201. The monoisotopic (exact) mass is 391 g/mol. The van der Waals surface area contributed by atoms with Crippen molar-refractivity contribution in [2.75, 3.05) is 52.9 Å². The summed E-state index contributed by atoms with van der Waals surface area (Å²) in [5.74, 6) is 1.94. The van der Waals surface area contributed by atoms with Crippen LogP contribution in [0.3, 0.4) is 0 Å². The Kier molecular flexibility index (Phi) is 12.2. The Bertz CT molecular complexity index is 456. The van der Waals surface area contributed by atoms with Gasteiger partial charge in [0.25, 0.3) is 0 Å². The maximum atomic E-state index is 11.3. The van der Waals surface area contributed by atoms with E-state index in [1.165, 1.54) is 6.92 Å². The van der Waals surface area contributed by atoms with Crippen molar-refractivity contribution in [2.24, 2.45) is 0 Å². The lowest BCUT2D eigenvalue weighted by atomic mass is 9.97. The van der Waals surface area contributed by atoms with Crippen LogP contribution in [0.4, 0.5) is 0 Å². The largest absolute Gasteiger partial charge is 0.394 e. The third-order valence-corrected chi connectivity index (χ3v) is 3.69. The van der Waals surface area contributed by atoms with Gasteiger partial charge in [-0.25, -0.2) is 0 Å². The summed E-state index contributed by atoms with van der Waals surface area (Å²) in [7, 11) is 0. The van der Waals surface area contributed by atoms with Crippen molar-refractivity contribution < 1.29 is 43.8 Å². The van der Waals surface area contributed by atoms with E-state index in [4.69, 9.17) is 30.1 Å². The Morgan fingerprint density at radius 3 is 2.22 bits per heavy atom. The van der Waals surface area contributed by atoms with Gasteiger partial charge in [-0.2, -0.15) is 0 Å². The van der Waals surface area contributed by atoms with Crippen LogP contribution in [0.1, 0.15) is 6.92 Å². The first-order valence-corrected chi connectivity index (χ1v) is 8.69. The number of ether oxygens (including phenoxy) is 5. The van der Waals surface area contributed by atoms with E-state index in [9.17, 15) is 20.1 Å². The van der Waals surface area contributed by atoms with Crippen LogP contribution >= 0.6 is 0 Å². The van der Waals surface area contributed by atoms with Crippen molar-refractivity contribution in [1.29, 1.82) is 0 Å². The van der Waals surface area contributed by atoms with E-state index < -0.39 is 43.2 Å². The van der Waals surface area contributed by atoms with Crippen LogP contribution in [0.25, 0.3) is 0 Å². The minimum absolute atomic E-state index is 0.118. The van der Waals surface area contributed by atoms with Crippen molar-refractivity contribution in [3.8, 4) is 12.3 Å². The molecule has 1 aliphatic heterocycles. The summed E-state index contributed by atoms with van der Waals surface area (Å²) in [6.45, 7) is 2.93. The van der Waals surface area contributed by atoms with Gasteiger partial charge in [-0.05, 0) is 0 Å². The number of carbonyl (C=O) groups excluding carboxylic acids is 1. The molecule has 0 bridgehead atoms. The number of hydrogen-bond acceptors (Lipinski definition) is 9. The molecule has 1 saturated heterocycles. The molecule has 1 fully saturated rings. The summed E-state index contributed by atoms with van der Waals surface area (Å²) < 4.78 is 26.6. The van der Waals surface area contributed by atoms with E-state index >= 15 is 0 Å². The van der Waals surface area contributed by atoms with Crippen molar-refractivity contribution in [1.82, 2.24) is 5.32 Å². The maximum absolute atomic E-state index is 11.3. The molecule has 1 rings (SSSR count). The van der Waals surface area contributed by atoms with Crippen molar-refractivity contribution >= 4 is 5.91 Å². The molecule has 1 aliphatic rings. The molecule has 1 heterocycles. The third kappa shape index (κ3) is 8.96. The summed E-state index contributed by atoms with van der Waals surface area (Å²) in [6, 6.07) is -0.966. The Morgan fingerprint density at radius 1 is 1.07 bits per heavy atom. The predicted octanol–water partition coefficient (Wildman–Crippen LogP) is -2.37. The lowest BCUT2D eigenvalue weighted by Crippen LogP contribution is -2.64. The van der Waals surface area contributed by atoms with Crippen molar-refractivity contribution in [3.63, 3.8) is 0 Å². The number of rotatable bonds is 13. The van der Waals surface area contributed by atoms with Crippen LogP contribution in [-0.2, 0) is 28.5 Å². The second-order valence-corrected chi connectivity index (χ2v) is 5.79. The second-order valence-electron chi connectivity index (χ2n) is 5.79. The Morgan fingerprint density at radius 2 is 1.67 bits per heavy atom. The Balaban J connectivity index is 2.24. The van der Waals surface area contributed by atoms with Gasteiger partial charge in [0, 0.05) is 6.92 Å². The zero-order valence-corrected chi connectivity index (χ0v) is 15.4. The lowest BCUT2D eigenvalue weighted by Gasteiger charge is -2.42. The average molecular weight is 391 g/mol. The summed E-state index contributed by atoms with van der Waals surface area (Å²) in [6.07, 6.45) is 0.315. The van der Waals surface area contributed by atoms with Crippen molar-refractivity contribution in [3.05, 3.63) is 0 Å². The highest BCUT2D eigenvalue weighted by Gasteiger charge is 2.45. The van der Waals surface area contributed by atoms with Crippen molar-refractivity contribution in [2.45, 2.75) is 37.6 Å².